The van der Waals surface area contributed by atoms with E-state index >= 15 is 0 Å². The first kappa shape index (κ1) is 20.4. The van der Waals surface area contributed by atoms with Crippen molar-refractivity contribution in [2.45, 2.75) is 66.2 Å². The summed E-state index contributed by atoms with van der Waals surface area (Å²) >= 11 is 1.63. The molecule has 1 aliphatic heterocycles. The van der Waals surface area contributed by atoms with Crippen LogP contribution < -0.4 is 5.32 Å². The van der Waals surface area contributed by atoms with Crippen LogP contribution in [0.4, 0.5) is 5.00 Å². The van der Waals surface area contributed by atoms with E-state index in [2.05, 4.69) is 44.0 Å². The monoisotopic (exact) mass is 387 g/mol. The van der Waals surface area contributed by atoms with Crippen molar-refractivity contribution in [1.82, 2.24) is 4.90 Å². The zero-order chi connectivity index (χ0) is 19.6. The quantitative estimate of drug-likeness (QED) is 0.787. The third-order valence-electron chi connectivity index (χ3n) is 6.89. The van der Waals surface area contributed by atoms with Crippen molar-refractivity contribution in [3.63, 3.8) is 0 Å². The number of nitrogens with zero attached hydrogens (tertiary/aromatic N) is 2. The van der Waals surface area contributed by atoms with E-state index in [4.69, 9.17) is 0 Å². The van der Waals surface area contributed by atoms with Gasteiger partial charge in [0.25, 0.3) is 0 Å². The standard InChI is InChI=1S/C22H33N3OS/c1-5-22(3,4)16-6-7-17-18(13-23)21(27-19(17)12-16)24-20(26)14-25-10-8-15(2)9-11-25/h15-16H,5-12,14H2,1-4H3,(H,24,26)/t16-/m0/s1. The fourth-order valence-corrected chi connectivity index (χ4v) is 5.63. The van der Waals surface area contributed by atoms with Crippen molar-refractivity contribution in [1.29, 1.82) is 5.26 Å². The van der Waals surface area contributed by atoms with Gasteiger partial charge in [-0.25, -0.2) is 0 Å². The summed E-state index contributed by atoms with van der Waals surface area (Å²) < 4.78 is 0. The molecule has 1 fully saturated rings. The van der Waals surface area contributed by atoms with E-state index < -0.39 is 0 Å². The van der Waals surface area contributed by atoms with E-state index in [1.807, 2.05) is 0 Å². The van der Waals surface area contributed by atoms with Crippen molar-refractivity contribution in [2.24, 2.45) is 17.3 Å². The van der Waals surface area contributed by atoms with Gasteiger partial charge in [-0.2, -0.15) is 5.26 Å². The zero-order valence-electron chi connectivity index (χ0n) is 17.2. The molecule has 2 aliphatic rings. The number of piperidine rings is 1. The molecule has 1 saturated heterocycles. The maximum Gasteiger partial charge on any atom is 0.239 e. The molecule has 0 unspecified atom stereocenters. The summed E-state index contributed by atoms with van der Waals surface area (Å²) in [5.41, 5.74) is 2.22. The second-order valence-electron chi connectivity index (χ2n) is 9.11. The zero-order valence-corrected chi connectivity index (χ0v) is 18.0. The van der Waals surface area contributed by atoms with Crippen LogP contribution in [0, 0.1) is 28.6 Å². The van der Waals surface area contributed by atoms with Crippen molar-refractivity contribution < 1.29 is 4.79 Å². The molecule has 0 bridgehead atoms. The van der Waals surface area contributed by atoms with Gasteiger partial charge in [0.05, 0.1) is 12.1 Å². The topological polar surface area (TPSA) is 56.1 Å². The highest BCUT2D eigenvalue weighted by Crippen LogP contribution is 2.45. The Kier molecular flexibility index (Phi) is 6.28. The first-order chi connectivity index (χ1) is 12.8. The molecule has 1 N–H and O–H groups in total. The molecule has 1 aromatic heterocycles. The summed E-state index contributed by atoms with van der Waals surface area (Å²) in [4.78, 5) is 16.1. The molecule has 1 amide bonds. The molecule has 1 aromatic rings. The van der Waals surface area contributed by atoms with Gasteiger partial charge in [-0.05, 0) is 68.0 Å². The Hall–Kier alpha value is -1.38. The molecule has 0 radical (unpaired) electrons. The molecule has 1 atom stereocenters. The molecule has 0 saturated carbocycles. The molecule has 0 aromatic carbocycles. The van der Waals surface area contributed by atoms with Gasteiger partial charge in [0.2, 0.25) is 5.91 Å². The van der Waals surface area contributed by atoms with Crippen molar-refractivity contribution in [3.05, 3.63) is 16.0 Å². The van der Waals surface area contributed by atoms with E-state index in [9.17, 15) is 10.1 Å². The number of carbonyl (C=O) groups excluding carboxylic acids is 1. The van der Waals surface area contributed by atoms with Crippen molar-refractivity contribution >= 4 is 22.2 Å². The number of hydrogen-bond acceptors (Lipinski definition) is 4. The van der Waals surface area contributed by atoms with E-state index in [0.717, 1.165) is 43.3 Å². The summed E-state index contributed by atoms with van der Waals surface area (Å²) in [6, 6.07) is 2.37. The van der Waals surface area contributed by atoms with E-state index in [1.54, 1.807) is 11.3 Å². The lowest BCUT2D eigenvalue weighted by Crippen LogP contribution is -2.38. The van der Waals surface area contributed by atoms with Gasteiger partial charge < -0.3 is 5.32 Å². The Balaban J connectivity index is 1.68. The minimum atomic E-state index is 0.0186. The largest absolute Gasteiger partial charge is 0.315 e. The summed E-state index contributed by atoms with van der Waals surface area (Å²) in [5.74, 6) is 1.43. The number of fused-ring (bicyclic) bond motifs is 1. The fourth-order valence-electron chi connectivity index (χ4n) is 4.34. The fraction of sp³-hybridized carbons (Fsp3) is 0.727. The average molecular weight is 388 g/mol. The molecule has 0 spiro atoms. The second-order valence-corrected chi connectivity index (χ2v) is 10.2. The predicted molar refractivity (Wildman–Crippen MR) is 112 cm³/mol. The Morgan fingerprint density at radius 2 is 2.04 bits per heavy atom. The molecule has 148 valence electrons. The molecular weight excluding hydrogens is 354 g/mol. The van der Waals surface area contributed by atoms with Crippen LogP contribution in [-0.4, -0.2) is 30.4 Å². The number of nitrogens with one attached hydrogen (secondary N) is 1. The van der Waals surface area contributed by atoms with Crippen LogP contribution in [0.25, 0.3) is 0 Å². The normalized spacial score (nSPS) is 21.5. The van der Waals surface area contributed by atoms with Crippen LogP contribution in [0.5, 0.6) is 0 Å². The van der Waals surface area contributed by atoms with Crippen molar-refractivity contribution in [2.75, 3.05) is 25.0 Å². The first-order valence-corrected chi connectivity index (χ1v) is 11.2. The number of hydrogen-bond donors (Lipinski definition) is 1. The third kappa shape index (κ3) is 4.55. The van der Waals surface area contributed by atoms with Gasteiger partial charge >= 0.3 is 0 Å². The minimum absolute atomic E-state index is 0.0186. The third-order valence-corrected chi connectivity index (χ3v) is 8.06. The van der Waals surface area contributed by atoms with Gasteiger partial charge in [0.1, 0.15) is 11.1 Å². The van der Waals surface area contributed by atoms with Gasteiger partial charge in [0, 0.05) is 4.88 Å². The van der Waals surface area contributed by atoms with E-state index in [-0.39, 0.29) is 5.91 Å². The molecule has 3 rings (SSSR count). The summed E-state index contributed by atoms with van der Waals surface area (Å²) in [7, 11) is 0. The lowest BCUT2D eigenvalue weighted by atomic mass is 9.69. The maximum atomic E-state index is 12.6. The van der Waals surface area contributed by atoms with Crippen LogP contribution in [0.3, 0.4) is 0 Å². The summed E-state index contributed by atoms with van der Waals surface area (Å²) in [5, 5.41) is 13.5. The van der Waals surface area contributed by atoms with Gasteiger partial charge in [-0.3, -0.25) is 9.69 Å². The van der Waals surface area contributed by atoms with E-state index in [1.165, 1.54) is 29.7 Å². The highest BCUT2D eigenvalue weighted by atomic mass is 32.1. The summed E-state index contributed by atoms with van der Waals surface area (Å²) in [6.45, 7) is 11.7. The number of rotatable bonds is 5. The van der Waals surface area contributed by atoms with Crippen molar-refractivity contribution in [3.8, 4) is 6.07 Å². The number of amides is 1. The van der Waals surface area contributed by atoms with Crippen LogP contribution in [0.1, 0.15) is 69.4 Å². The number of carbonyl (C=O) groups is 1. The second kappa shape index (κ2) is 8.32. The highest BCUT2D eigenvalue weighted by molar-refractivity contribution is 7.16. The minimum Gasteiger partial charge on any atom is -0.315 e. The summed E-state index contributed by atoms with van der Waals surface area (Å²) in [6.07, 6.45) is 6.63. The molecule has 27 heavy (non-hydrogen) atoms. The lowest BCUT2D eigenvalue weighted by Gasteiger charge is -2.36. The number of thiophene rings is 1. The first-order valence-electron chi connectivity index (χ1n) is 10.4. The van der Waals surface area contributed by atoms with Crippen LogP contribution in [0.15, 0.2) is 0 Å². The Labute approximate surface area is 167 Å². The van der Waals surface area contributed by atoms with Gasteiger partial charge in [-0.15, -0.1) is 11.3 Å². The molecule has 2 heterocycles. The lowest BCUT2D eigenvalue weighted by molar-refractivity contribution is -0.117. The number of nitriles is 1. The molecular formula is C22H33N3OS. The SMILES string of the molecule is CCC(C)(C)[C@H]1CCc2c(sc(NC(=O)CN3CCC(C)CC3)c2C#N)C1. The number of likely N-dealkylation sites (tertiary alicyclic amines) is 1. The van der Waals surface area contributed by atoms with Gasteiger partial charge in [-0.1, -0.05) is 34.1 Å². The smallest absolute Gasteiger partial charge is 0.239 e. The molecule has 4 nitrogen and oxygen atoms in total. The van der Waals surface area contributed by atoms with E-state index in [0.29, 0.717) is 23.4 Å². The highest BCUT2D eigenvalue weighted by Gasteiger charge is 2.34. The number of anilines is 1. The Morgan fingerprint density at radius 1 is 1.33 bits per heavy atom. The predicted octanol–water partition coefficient (Wildman–Crippen LogP) is 4.83. The van der Waals surface area contributed by atoms with Crippen LogP contribution >= 0.6 is 11.3 Å². The Morgan fingerprint density at radius 3 is 2.67 bits per heavy atom. The Bertz CT molecular complexity index is 723. The van der Waals surface area contributed by atoms with Crippen LogP contribution in [0.2, 0.25) is 0 Å². The van der Waals surface area contributed by atoms with Crippen LogP contribution in [-0.2, 0) is 17.6 Å². The maximum absolute atomic E-state index is 12.6. The molecule has 1 aliphatic carbocycles. The molecule has 5 heteroatoms. The average Bonchev–Trinajstić information content (AvgIpc) is 2.99. The van der Waals surface area contributed by atoms with Gasteiger partial charge in [0.15, 0.2) is 0 Å².